The van der Waals surface area contributed by atoms with Gasteiger partial charge in [0.2, 0.25) is 0 Å². The van der Waals surface area contributed by atoms with Gasteiger partial charge in [0.05, 0.1) is 5.52 Å². The van der Waals surface area contributed by atoms with Gasteiger partial charge in [-0.3, -0.25) is 0 Å². The molecule has 0 unspecified atom stereocenters. The van der Waals surface area contributed by atoms with Crippen molar-refractivity contribution < 1.29 is 25.8 Å². The van der Waals surface area contributed by atoms with Crippen molar-refractivity contribution in [2.24, 2.45) is 0 Å². The van der Waals surface area contributed by atoms with Gasteiger partial charge in [0.1, 0.15) is 5.82 Å². The summed E-state index contributed by atoms with van der Waals surface area (Å²) >= 11 is 1.80. The van der Waals surface area contributed by atoms with Gasteiger partial charge < -0.3 is 19.1 Å². The number of nitrogens with zero attached hydrogens (tertiary/aromatic N) is 4. The summed E-state index contributed by atoms with van der Waals surface area (Å²) in [5, 5.41) is 2.31. The molecule has 0 N–H and O–H groups in total. The van der Waals surface area contributed by atoms with Gasteiger partial charge >= 0.3 is 0 Å². The van der Waals surface area contributed by atoms with Crippen molar-refractivity contribution in [2.45, 2.75) is 26.2 Å². The predicted molar refractivity (Wildman–Crippen MR) is 300 cm³/mol. The Hall–Kier alpha value is -8.02. The van der Waals surface area contributed by atoms with Crippen LogP contribution in [0.15, 0.2) is 225 Å². The first-order chi connectivity index (χ1) is 35.3. The van der Waals surface area contributed by atoms with Gasteiger partial charge in [0.25, 0.3) is 0 Å². The molecule has 13 rings (SSSR count). The molecular formula is C66H47N4OPtS-3. The first-order valence-electron chi connectivity index (χ1n) is 24.3. The first-order valence-corrected chi connectivity index (χ1v) is 25.2. The number of anilines is 4. The molecule has 0 bridgehead atoms. The summed E-state index contributed by atoms with van der Waals surface area (Å²) in [4.78, 5) is 9.53. The van der Waals surface area contributed by atoms with Crippen LogP contribution in [-0.4, -0.2) is 9.55 Å². The molecule has 0 atom stereocenters. The average Bonchev–Trinajstić information content (AvgIpc) is 4.10. The Morgan fingerprint density at radius 3 is 1.77 bits per heavy atom. The zero-order chi connectivity index (χ0) is 48.3. The van der Waals surface area contributed by atoms with E-state index < -0.39 is 0 Å². The Balaban J connectivity index is 0.00000543. The molecule has 0 saturated heterocycles. The summed E-state index contributed by atoms with van der Waals surface area (Å²) in [5.74, 6) is 2.04. The normalized spacial score (nSPS) is 12.4. The number of hydrogen-bond donors (Lipinski definition) is 0. The van der Waals surface area contributed by atoms with Crippen LogP contribution in [-0.2, 0) is 26.5 Å². The van der Waals surface area contributed by atoms with E-state index in [2.05, 4.69) is 254 Å². The minimum atomic E-state index is -0.0473. The van der Waals surface area contributed by atoms with Crippen LogP contribution in [0.5, 0.6) is 11.5 Å². The van der Waals surface area contributed by atoms with E-state index in [4.69, 9.17) is 9.72 Å². The summed E-state index contributed by atoms with van der Waals surface area (Å²) < 4.78 is 11.5. The van der Waals surface area contributed by atoms with Crippen molar-refractivity contribution in [3.8, 4) is 61.8 Å². The Morgan fingerprint density at radius 2 is 1.08 bits per heavy atom. The molecule has 3 aromatic heterocycles. The molecule has 5 nitrogen and oxygen atoms in total. The van der Waals surface area contributed by atoms with Gasteiger partial charge in [-0.2, -0.15) is 12.1 Å². The third kappa shape index (κ3) is 8.41. The summed E-state index contributed by atoms with van der Waals surface area (Å²) in [7, 11) is 0. The largest absolute Gasteiger partial charge is 0.509 e. The number of aromatic nitrogens is 2. The number of fused-ring (bicyclic) bond motifs is 6. The molecule has 1 aliphatic heterocycles. The van der Waals surface area contributed by atoms with Gasteiger partial charge in [-0.25, -0.2) is 4.98 Å². The summed E-state index contributed by atoms with van der Waals surface area (Å²) in [5.41, 5.74) is 16.4. The minimum Gasteiger partial charge on any atom is -0.509 e. The Kier molecular flexibility index (Phi) is 11.9. The van der Waals surface area contributed by atoms with E-state index in [1.165, 1.54) is 42.6 Å². The van der Waals surface area contributed by atoms with E-state index in [9.17, 15) is 0 Å². The molecule has 0 amide bonds. The average molecular weight is 1140 g/mol. The van der Waals surface area contributed by atoms with Crippen LogP contribution in [0.2, 0.25) is 0 Å². The number of benzene rings is 9. The third-order valence-corrected chi connectivity index (χ3v) is 14.9. The number of ether oxygens (including phenoxy) is 1. The second-order valence-corrected chi connectivity index (χ2v) is 20.3. The first kappa shape index (κ1) is 46.1. The zero-order valence-electron chi connectivity index (χ0n) is 40.4. The molecule has 4 heterocycles. The van der Waals surface area contributed by atoms with E-state index >= 15 is 0 Å². The smallest absolute Gasteiger partial charge is 0.135 e. The molecule has 356 valence electrons. The van der Waals surface area contributed by atoms with Gasteiger partial charge in [0, 0.05) is 81.7 Å². The van der Waals surface area contributed by atoms with Crippen LogP contribution < -0.4 is 14.5 Å². The van der Waals surface area contributed by atoms with E-state index in [0.29, 0.717) is 11.5 Å². The van der Waals surface area contributed by atoms with E-state index in [1.54, 1.807) is 11.3 Å². The molecule has 7 heteroatoms. The minimum absolute atomic E-state index is 0. The SMILES string of the molecule is CC(C)(C)c1ccnc(-n2c3[c-]c(Oc4[c-]c(N5[CH-]N(c6c(-c7cccc(-c8ccccc8)c7)cccc6-c6cccc(-c7ccccc7)c6)c6ccccc65)ccc4)ccc3c3sc4ccccc4c32)c1.[Pt]. The van der Waals surface area contributed by atoms with E-state index in [0.717, 1.165) is 67.2 Å². The summed E-state index contributed by atoms with van der Waals surface area (Å²) in [6.07, 6.45) is 1.92. The van der Waals surface area contributed by atoms with Crippen LogP contribution in [0.3, 0.4) is 0 Å². The van der Waals surface area contributed by atoms with Crippen LogP contribution >= 0.6 is 11.3 Å². The van der Waals surface area contributed by atoms with Gasteiger partial charge in [-0.1, -0.05) is 177 Å². The summed E-state index contributed by atoms with van der Waals surface area (Å²) in [6.45, 7) is 8.92. The molecule has 73 heavy (non-hydrogen) atoms. The molecule has 0 spiro atoms. The van der Waals surface area contributed by atoms with Crippen molar-refractivity contribution in [2.75, 3.05) is 9.80 Å². The molecule has 0 fully saturated rings. The maximum atomic E-state index is 6.77. The number of pyridine rings is 1. The standard InChI is InChI=1S/C66H47N4OS.Pt/c1-66(2,3)50-36-37-67-62(40-50)70-60-42-53(34-35-56(60)65-64(70)57-28-10-13-33-61(57)72-65)71-52-27-16-26-51(41-52)68-43-69(59-32-12-11-31-58(59)68)63-54(48-24-14-22-46(38-48)44-18-6-4-7-19-44)29-17-30-55(63)49-25-15-23-47(39-49)45-20-8-5-9-21-45;/h4-40,43H,1-3H3;/q-3;. The topological polar surface area (TPSA) is 33.5 Å². The molecule has 0 saturated carbocycles. The number of para-hydroxylation sites is 3. The quantitative estimate of drug-likeness (QED) is 0.135. The van der Waals surface area contributed by atoms with Crippen molar-refractivity contribution >= 4 is 65.3 Å². The number of hydrogen-bond acceptors (Lipinski definition) is 5. The second kappa shape index (κ2) is 18.9. The zero-order valence-corrected chi connectivity index (χ0v) is 43.4. The van der Waals surface area contributed by atoms with Gasteiger partial charge in [0.15, 0.2) is 0 Å². The van der Waals surface area contributed by atoms with Crippen molar-refractivity contribution in [1.29, 1.82) is 0 Å². The number of thiophene rings is 1. The fourth-order valence-corrected chi connectivity index (χ4v) is 11.4. The fraction of sp³-hybridized carbons (Fsp3) is 0.0606. The maximum Gasteiger partial charge on any atom is 0.135 e. The van der Waals surface area contributed by atoms with Crippen molar-refractivity contribution in [3.05, 3.63) is 249 Å². The van der Waals surface area contributed by atoms with Crippen LogP contribution in [0.1, 0.15) is 26.3 Å². The van der Waals surface area contributed by atoms with Crippen molar-refractivity contribution in [1.82, 2.24) is 9.55 Å². The Morgan fingerprint density at radius 1 is 0.507 bits per heavy atom. The predicted octanol–water partition coefficient (Wildman–Crippen LogP) is 18.2. The molecular weight excluding hydrogens is 1090 g/mol. The second-order valence-electron chi connectivity index (χ2n) is 19.3. The van der Waals surface area contributed by atoms with Crippen LogP contribution in [0.25, 0.3) is 81.5 Å². The molecule has 0 radical (unpaired) electrons. The maximum absolute atomic E-state index is 6.77. The fourth-order valence-electron chi connectivity index (χ4n) is 10.2. The third-order valence-electron chi connectivity index (χ3n) is 13.7. The Labute approximate surface area is 444 Å². The molecule has 0 aliphatic carbocycles. The Bertz CT molecular complexity index is 3900. The van der Waals surface area contributed by atoms with Crippen LogP contribution in [0, 0.1) is 18.8 Å². The molecule has 9 aromatic carbocycles. The van der Waals surface area contributed by atoms with Crippen LogP contribution in [0.4, 0.5) is 22.7 Å². The summed E-state index contributed by atoms with van der Waals surface area (Å²) in [6, 6.07) is 84.8. The van der Waals surface area contributed by atoms with E-state index in [1.807, 2.05) is 24.4 Å². The van der Waals surface area contributed by atoms with E-state index in [-0.39, 0.29) is 26.5 Å². The monoisotopic (exact) mass is 1140 g/mol. The molecule has 12 aromatic rings. The number of rotatable bonds is 9. The van der Waals surface area contributed by atoms with Gasteiger partial charge in [-0.15, -0.1) is 54.0 Å². The molecule has 1 aliphatic rings. The van der Waals surface area contributed by atoms with Crippen molar-refractivity contribution in [3.63, 3.8) is 0 Å². The van der Waals surface area contributed by atoms with Gasteiger partial charge in [-0.05, 0) is 86.8 Å².